The van der Waals surface area contributed by atoms with E-state index >= 15 is 0 Å². The van der Waals surface area contributed by atoms with Crippen LogP contribution in [0.25, 0.3) is 0 Å². The summed E-state index contributed by atoms with van der Waals surface area (Å²) in [5.74, 6) is 5.10. The Balaban J connectivity index is 3.33. The molecule has 0 aromatic rings. The van der Waals surface area contributed by atoms with Crippen LogP contribution in [0.3, 0.4) is 0 Å². The third-order valence-electron chi connectivity index (χ3n) is 3.87. The molecule has 1 rings (SSSR count). The minimum Gasteiger partial charge on any atom is -0.101 e. The monoisotopic (exact) mass is 542 g/mol. The van der Waals surface area contributed by atoms with Gasteiger partial charge in [-0.2, -0.15) is 0 Å². The van der Waals surface area contributed by atoms with Crippen LogP contribution >= 0.6 is 40.7 Å². The van der Waals surface area contributed by atoms with Crippen molar-refractivity contribution in [2.45, 2.75) is 19.3 Å². The molecule has 0 bridgehead atoms. The molecule has 0 nitrogen and oxygen atoms in total. The Hall–Kier alpha value is 3.20. The Bertz CT molecular complexity index is 672. The van der Waals surface area contributed by atoms with Gasteiger partial charge in [-0.1, -0.05) is 58.0 Å². The van der Waals surface area contributed by atoms with Crippen molar-refractivity contribution >= 4 is 87.9 Å². The van der Waals surface area contributed by atoms with Gasteiger partial charge in [0.05, 0.1) is 0 Å². The topological polar surface area (TPSA) is 0 Å². The van der Waals surface area contributed by atoms with Crippen LogP contribution in [-0.4, -0.2) is 70.3 Å². The number of hydrogen-bond acceptors (Lipinski definition) is 4. The molecule has 1 aliphatic carbocycles. The van der Waals surface area contributed by atoms with Gasteiger partial charge < -0.3 is 0 Å². The highest BCUT2D eigenvalue weighted by Gasteiger charge is 2.31. The van der Waals surface area contributed by atoms with Gasteiger partial charge in [0.2, 0.25) is 0 Å². The molecular formula is C16H36P6S4. The maximum atomic E-state index is 5.91. The summed E-state index contributed by atoms with van der Waals surface area (Å²) in [6.45, 7) is 15.7. The maximum Gasteiger partial charge on any atom is 0.000627 e. The molecule has 0 spiro atoms. The van der Waals surface area contributed by atoms with Crippen LogP contribution in [0.1, 0.15) is 19.3 Å². The van der Waals surface area contributed by atoms with Crippen LogP contribution < -0.4 is 0 Å². The molecule has 0 heterocycles. The molecule has 2 unspecified atom stereocenters. The summed E-state index contributed by atoms with van der Waals surface area (Å²) >= 11 is 23.4. The Morgan fingerprint density at radius 2 is 1.12 bits per heavy atom. The first-order chi connectivity index (χ1) is 11.6. The van der Waals surface area contributed by atoms with E-state index in [-0.39, 0.29) is 15.8 Å². The molecular weight excluding hydrogens is 506 g/mol. The third kappa shape index (κ3) is 11.6. The first kappa shape index (κ1) is 27.2. The van der Waals surface area contributed by atoms with Gasteiger partial charge >= 0.3 is 0 Å². The molecule has 1 aliphatic rings. The van der Waals surface area contributed by atoms with E-state index in [0.717, 1.165) is 0 Å². The molecule has 0 saturated heterocycles. The molecule has 2 atom stereocenters. The molecule has 0 aromatic heterocycles. The third-order valence-corrected chi connectivity index (χ3v) is 26.4. The molecule has 0 amide bonds. The summed E-state index contributed by atoms with van der Waals surface area (Å²) in [5.41, 5.74) is 0. The van der Waals surface area contributed by atoms with Crippen LogP contribution in [0.5, 0.6) is 0 Å². The zero-order valence-corrected chi connectivity index (χ0v) is 26.1. The lowest BCUT2D eigenvalue weighted by Crippen LogP contribution is -1.97. The van der Waals surface area contributed by atoms with Crippen LogP contribution in [0, 0.1) is 0 Å². The average Bonchev–Trinajstić information content (AvgIpc) is 2.79. The van der Waals surface area contributed by atoms with Crippen molar-refractivity contribution in [1.29, 1.82) is 0 Å². The summed E-state index contributed by atoms with van der Waals surface area (Å²) in [5, 5.41) is 3.67. The number of allylic oxidation sites excluding steroid dienone is 2. The predicted octanol–water partition coefficient (Wildman–Crippen LogP) is 7.70. The van der Waals surface area contributed by atoms with Crippen molar-refractivity contribution in [2.75, 3.05) is 70.3 Å². The fourth-order valence-electron chi connectivity index (χ4n) is 3.34. The largest absolute Gasteiger partial charge is 0.101 e. The molecule has 26 heavy (non-hydrogen) atoms. The van der Waals surface area contributed by atoms with E-state index in [1.54, 1.807) is 0 Å². The molecule has 10 heteroatoms. The second-order valence-electron chi connectivity index (χ2n) is 8.83. The van der Waals surface area contributed by atoms with E-state index in [9.17, 15) is 0 Å². The quantitative estimate of drug-likeness (QED) is 0.259. The summed E-state index contributed by atoms with van der Waals surface area (Å²) in [6.07, 6.45) is 3.96. The van der Waals surface area contributed by atoms with Crippen molar-refractivity contribution in [3.8, 4) is 0 Å². The van der Waals surface area contributed by atoms with E-state index in [0.29, 0.717) is 0 Å². The van der Waals surface area contributed by atoms with E-state index < -0.39 is 24.8 Å². The van der Waals surface area contributed by atoms with Gasteiger partial charge in [0.1, 0.15) is 0 Å². The fourth-order valence-corrected chi connectivity index (χ4v) is 28.5. The van der Waals surface area contributed by atoms with E-state index in [4.69, 9.17) is 47.2 Å². The molecule has 0 aliphatic heterocycles. The van der Waals surface area contributed by atoms with Crippen molar-refractivity contribution in [3.63, 3.8) is 0 Å². The summed E-state index contributed by atoms with van der Waals surface area (Å²) in [6, 6.07) is -3.60. The minimum absolute atomic E-state index is 0.105. The second-order valence-corrected chi connectivity index (χ2v) is 38.6. The van der Waals surface area contributed by atoms with Crippen molar-refractivity contribution < 1.29 is 0 Å². The lowest BCUT2D eigenvalue weighted by Gasteiger charge is -2.31. The Morgan fingerprint density at radius 1 is 0.769 bits per heavy atom. The molecule has 0 saturated carbocycles. The maximum absolute atomic E-state index is 5.91. The van der Waals surface area contributed by atoms with Crippen molar-refractivity contribution in [1.82, 2.24) is 0 Å². The summed E-state index contributed by atoms with van der Waals surface area (Å²) in [7, 11) is -0.240. The number of rotatable bonds is 10. The van der Waals surface area contributed by atoms with Gasteiger partial charge in [0.15, 0.2) is 0 Å². The van der Waals surface area contributed by atoms with E-state index in [1.807, 2.05) is 10.6 Å². The van der Waals surface area contributed by atoms with E-state index in [1.165, 1.54) is 42.9 Å². The molecule has 0 radical (unpaired) electrons. The zero-order valence-electron chi connectivity index (χ0n) is 17.3. The smallest absolute Gasteiger partial charge is 0.000627 e. The van der Waals surface area contributed by atoms with Crippen LogP contribution in [0.15, 0.2) is 10.6 Å². The summed E-state index contributed by atoms with van der Waals surface area (Å²) < 4.78 is 0. The van der Waals surface area contributed by atoms with Gasteiger partial charge in [0.25, 0.3) is 0 Å². The molecule has 0 aromatic carbocycles. The SMILES string of the molecule is C[PH](=S)CP(CP(C)(C)=S)C1=C(P(CP(C)(C)=S)CP(C)(C)=S)CCC1. The highest BCUT2D eigenvalue weighted by atomic mass is 32.5. The highest BCUT2D eigenvalue weighted by molar-refractivity contribution is 8.19. The first-order valence-corrected chi connectivity index (χ1v) is 27.3. The van der Waals surface area contributed by atoms with Gasteiger partial charge in [-0.15, -0.1) is 11.8 Å². The van der Waals surface area contributed by atoms with Gasteiger partial charge in [-0.3, -0.25) is 0 Å². The highest BCUT2D eigenvalue weighted by Crippen LogP contribution is 2.71. The Kier molecular flexibility index (Phi) is 11.7. The minimum atomic E-state index is -1.21. The van der Waals surface area contributed by atoms with Crippen molar-refractivity contribution in [2.24, 2.45) is 0 Å². The molecule has 0 N–H and O–H groups in total. The normalized spacial score (nSPS) is 19.2. The van der Waals surface area contributed by atoms with Crippen molar-refractivity contribution in [3.05, 3.63) is 10.6 Å². The van der Waals surface area contributed by atoms with E-state index in [2.05, 4.69) is 46.7 Å². The lowest BCUT2D eigenvalue weighted by atomic mass is 10.4. The number of hydrogen-bond donors (Lipinski definition) is 0. The van der Waals surface area contributed by atoms with Gasteiger partial charge in [-0.25, -0.2) is 0 Å². The van der Waals surface area contributed by atoms with Crippen LogP contribution in [0.4, 0.5) is 0 Å². The average molecular weight is 543 g/mol. The molecule has 0 fully saturated rings. The second kappa shape index (κ2) is 11.2. The predicted molar refractivity (Wildman–Crippen MR) is 154 cm³/mol. The first-order valence-electron chi connectivity index (χ1n) is 8.91. The Labute approximate surface area is 186 Å². The van der Waals surface area contributed by atoms with Crippen LogP contribution in [-0.2, 0) is 47.2 Å². The Morgan fingerprint density at radius 3 is 1.46 bits per heavy atom. The van der Waals surface area contributed by atoms with Gasteiger partial charge in [-0.05, 0) is 101 Å². The van der Waals surface area contributed by atoms with Gasteiger partial charge in [0, 0.05) is 17.7 Å². The lowest BCUT2D eigenvalue weighted by molar-refractivity contribution is 0.919. The summed E-state index contributed by atoms with van der Waals surface area (Å²) in [4.78, 5) is 0. The van der Waals surface area contributed by atoms with Crippen LogP contribution in [0.2, 0.25) is 0 Å². The molecule has 154 valence electrons. The zero-order chi connectivity index (χ0) is 20.3. The fraction of sp³-hybridized carbons (Fsp3) is 0.875. The standard InChI is InChI=1S/C16H36P6S4/c1-17(23)11-18(12-20(2,3)24)15-9-8-10-16(15)19(13-21(4,5)25)14-22(6,7)26/h17H,8-14H2,1-7H3.